The molecule has 0 saturated carbocycles. The van der Waals surface area contributed by atoms with Crippen LogP contribution in [0.1, 0.15) is 58.0 Å². The highest BCUT2D eigenvalue weighted by molar-refractivity contribution is 7.15. The Morgan fingerprint density at radius 3 is 2.63 bits per heavy atom. The molecule has 2 aromatic rings. The van der Waals surface area contributed by atoms with Crippen molar-refractivity contribution in [3.8, 4) is 0 Å². The lowest BCUT2D eigenvalue weighted by Crippen LogP contribution is -2.23. The Bertz CT molecular complexity index is 935. The Balaban J connectivity index is 1.90. The van der Waals surface area contributed by atoms with Gasteiger partial charge in [0.15, 0.2) is 5.13 Å². The summed E-state index contributed by atoms with van der Waals surface area (Å²) in [6.07, 6.45) is 3.03. The minimum absolute atomic E-state index is 0.00275. The van der Waals surface area contributed by atoms with Gasteiger partial charge >= 0.3 is 5.97 Å². The number of anilines is 1. The maximum atomic E-state index is 12.6. The number of methoxy groups -OCH3 is 1. The molecular formula is C18H19N3O5S. The number of nitro benzene ring substituents is 1. The first kappa shape index (κ1) is 19.0. The van der Waals surface area contributed by atoms with Crippen LogP contribution in [-0.2, 0) is 16.6 Å². The second-order valence-electron chi connectivity index (χ2n) is 7.00. The van der Waals surface area contributed by atoms with Crippen molar-refractivity contribution >= 4 is 34.0 Å². The number of thiazole rings is 1. The van der Waals surface area contributed by atoms with Crippen LogP contribution in [0.3, 0.4) is 0 Å². The van der Waals surface area contributed by atoms with Gasteiger partial charge in [0, 0.05) is 28.0 Å². The number of rotatable bonds is 4. The number of carbonyl (C=O) groups excluding carboxylic acids is 2. The number of nitrogens with one attached hydrogen (secondary N) is 1. The minimum atomic E-state index is -0.751. The number of hydrogen-bond acceptors (Lipinski definition) is 7. The quantitative estimate of drug-likeness (QED) is 0.485. The summed E-state index contributed by atoms with van der Waals surface area (Å²) >= 11 is 1.42. The summed E-state index contributed by atoms with van der Waals surface area (Å²) in [5.74, 6) is -1.31. The van der Waals surface area contributed by atoms with E-state index in [-0.39, 0.29) is 22.2 Å². The van der Waals surface area contributed by atoms with Gasteiger partial charge in [0.05, 0.1) is 23.3 Å². The van der Waals surface area contributed by atoms with E-state index in [1.807, 2.05) is 0 Å². The lowest BCUT2D eigenvalue weighted by atomic mass is 9.79. The Labute approximate surface area is 159 Å². The second kappa shape index (κ2) is 7.07. The van der Waals surface area contributed by atoms with Crippen molar-refractivity contribution in [2.75, 3.05) is 12.4 Å². The fourth-order valence-corrected chi connectivity index (χ4v) is 4.34. The number of nitro groups is 1. The van der Waals surface area contributed by atoms with Gasteiger partial charge in [0.1, 0.15) is 0 Å². The first-order valence-electron chi connectivity index (χ1n) is 8.40. The molecule has 0 bridgehead atoms. The molecule has 0 aliphatic heterocycles. The summed E-state index contributed by atoms with van der Waals surface area (Å²) in [6, 6.07) is 3.47. The molecule has 1 aliphatic rings. The number of carbonyl (C=O) groups is 2. The number of fused-ring (bicyclic) bond motifs is 1. The molecule has 0 radical (unpaired) electrons. The van der Waals surface area contributed by atoms with Crippen molar-refractivity contribution < 1.29 is 19.2 Å². The Morgan fingerprint density at radius 2 is 2.00 bits per heavy atom. The highest BCUT2D eigenvalue weighted by Crippen LogP contribution is 2.40. The molecule has 1 aliphatic carbocycles. The summed E-state index contributed by atoms with van der Waals surface area (Å²) < 4.78 is 4.60. The molecule has 0 saturated heterocycles. The van der Waals surface area contributed by atoms with Crippen LogP contribution in [0.4, 0.5) is 10.8 Å². The van der Waals surface area contributed by atoms with Gasteiger partial charge in [-0.15, -0.1) is 11.3 Å². The normalized spacial score (nSPS) is 14.9. The lowest BCUT2D eigenvalue weighted by Gasteiger charge is -2.27. The molecule has 3 rings (SSSR count). The van der Waals surface area contributed by atoms with Gasteiger partial charge in [-0.3, -0.25) is 20.2 Å². The molecule has 1 N–H and O–H groups in total. The molecular weight excluding hydrogens is 370 g/mol. The van der Waals surface area contributed by atoms with Crippen molar-refractivity contribution in [2.45, 2.75) is 38.5 Å². The van der Waals surface area contributed by atoms with Crippen LogP contribution in [-0.4, -0.2) is 28.9 Å². The smallest absolute Gasteiger partial charge is 0.338 e. The standard InChI is InChI=1S/C18H19N3O5S/c1-18(2)6-4-5-13-14(18)19-17(27-13)20-15(22)10-7-11(16(23)26-3)9-12(8-10)21(24)25/h7-9H,4-6H2,1-3H3,(H,19,20,22). The van der Waals surface area contributed by atoms with Crippen molar-refractivity contribution in [2.24, 2.45) is 0 Å². The number of nitrogens with zero attached hydrogens (tertiary/aromatic N) is 2. The van der Waals surface area contributed by atoms with E-state index in [1.54, 1.807) is 0 Å². The van der Waals surface area contributed by atoms with E-state index in [0.29, 0.717) is 5.13 Å². The molecule has 8 nitrogen and oxygen atoms in total. The number of esters is 1. The van der Waals surface area contributed by atoms with E-state index in [4.69, 9.17) is 0 Å². The third-order valence-electron chi connectivity index (χ3n) is 4.58. The summed E-state index contributed by atoms with van der Waals surface area (Å²) in [4.78, 5) is 40.5. The molecule has 1 amide bonds. The van der Waals surface area contributed by atoms with Crippen molar-refractivity contribution in [1.29, 1.82) is 0 Å². The predicted molar refractivity (Wildman–Crippen MR) is 100 cm³/mol. The first-order chi connectivity index (χ1) is 12.7. The van der Waals surface area contributed by atoms with E-state index in [2.05, 4.69) is 28.9 Å². The summed E-state index contributed by atoms with van der Waals surface area (Å²) in [5.41, 5.74) is 0.524. The second-order valence-corrected chi connectivity index (χ2v) is 8.08. The number of hydrogen-bond donors (Lipinski definition) is 1. The molecule has 1 heterocycles. The summed E-state index contributed by atoms with van der Waals surface area (Å²) in [5, 5.41) is 14.3. The van der Waals surface area contributed by atoms with Crippen LogP contribution >= 0.6 is 11.3 Å². The number of amides is 1. The van der Waals surface area contributed by atoms with E-state index < -0.39 is 16.8 Å². The van der Waals surface area contributed by atoms with Crippen molar-refractivity contribution in [3.05, 3.63) is 50.0 Å². The van der Waals surface area contributed by atoms with Gasteiger partial charge in [0.25, 0.3) is 11.6 Å². The average molecular weight is 389 g/mol. The molecule has 9 heteroatoms. The van der Waals surface area contributed by atoms with Gasteiger partial charge in [-0.2, -0.15) is 0 Å². The predicted octanol–water partition coefficient (Wildman–Crippen LogP) is 3.70. The van der Waals surface area contributed by atoms with Gasteiger partial charge in [-0.05, 0) is 25.3 Å². The average Bonchev–Trinajstić information content (AvgIpc) is 3.04. The van der Waals surface area contributed by atoms with Crippen LogP contribution in [0.15, 0.2) is 18.2 Å². The monoisotopic (exact) mass is 389 g/mol. The van der Waals surface area contributed by atoms with Gasteiger partial charge in [0.2, 0.25) is 0 Å². The Morgan fingerprint density at radius 1 is 1.30 bits per heavy atom. The fourth-order valence-electron chi connectivity index (χ4n) is 3.17. The topological polar surface area (TPSA) is 111 Å². The van der Waals surface area contributed by atoms with Crippen LogP contribution in [0, 0.1) is 10.1 Å². The zero-order valence-electron chi connectivity index (χ0n) is 15.2. The van der Waals surface area contributed by atoms with E-state index >= 15 is 0 Å². The first-order valence-corrected chi connectivity index (χ1v) is 9.22. The molecule has 27 heavy (non-hydrogen) atoms. The van der Waals surface area contributed by atoms with Crippen LogP contribution in [0.5, 0.6) is 0 Å². The zero-order valence-corrected chi connectivity index (χ0v) is 16.0. The largest absolute Gasteiger partial charge is 0.465 e. The minimum Gasteiger partial charge on any atom is -0.465 e. The Kier molecular flexibility index (Phi) is 4.97. The summed E-state index contributed by atoms with van der Waals surface area (Å²) in [6.45, 7) is 4.25. The van der Waals surface area contributed by atoms with Crippen LogP contribution in [0.25, 0.3) is 0 Å². The van der Waals surface area contributed by atoms with Gasteiger partial charge in [-0.25, -0.2) is 9.78 Å². The highest BCUT2D eigenvalue weighted by Gasteiger charge is 2.31. The number of benzene rings is 1. The maximum absolute atomic E-state index is 12.6. The van der Waals surface area contributed by atoms with Gasteiger partial charge in [-0.1, -0.05) is 13.8 Å². The number of aryl methyl sites for hydroxylation is 1. The van der Waals surface area contributed by atoms with E-state index in [1.165, 1.54) is 24.5 Å². The number of non-ortho nitro benzene ring substituents is 1. The fraction of sp³-hybridized carbons (Fsp3) is 0.389. The highest BCUT2D eigenvalue weighted by atomic mass is 32.1. The number of ether oxygens (including phenoxy) is 1. The number of aromatic nitrogens is 1. The van der Waals surface area contributed by atoms with E-state index in [0.717, 1.165) is 42.0 Å². The molecule has 1 aromatic heterocycles. The lowest BCUT2D eigenvalue weighted by molar-refractivity contribution is -0.384. The molecule has 0 atom stereocenters. The molecule has 0 spiro atoms. The third kappa shape index (κ3) is 3.82. The molecule has 0 fully saturated rings. The van der Waals surface area contributed by atoms with Crippen molar-refractivity contribution in [1.82, 2.24) is 4.98 Å². The third-order valence-corrected chi connectivity index (χ3v) is 5.61. The van der Waals surface area contributed by atoms with E-state index in [9.17, 15) is 19.7 Å². The van der Waals surface area contributed by atoms with Crippen LogP contribution < -0.4 is 5.32 Å². The summed E-state index contributed by atoms with van der Waals surface area (Å²) in [7, 11) is 1.17. The van der Waals surface area contributed by atoms with Gasteiger partial charge < -0.3 is 4.74 Å². The molecule has 142 valence electrons. The molecule has 1 aromatic carbocycles. The Hall–Kier alpha value is -2.81. The maximum Gasteiger partial charge on any atom is 0.338 e. The molecule has 0 unspecified atom stereocenters. The SMILES string of the molecule is COC(=O)c1cc(C(=O)Nc2nc3c(s2)CCCC3(C)C)cc([N+](=O)[O-])c1. The zero-order chi connectivity index (χ0) is 19.8. The van der Waals surface area contributed by atoms with Crippen LogP contribution in [0.2, 0.25) is 0 Å². The van der Waals surface area contributed by atoms with Crippen molar-refractivity contribution in [3.63, 3.8) is 0 Å².